The van der Waals surface area contributed by atoms with Crippen molar-refractivity contribution in [2.75, 3.05) is 19.8 Å². The van der Waals surface area contributed by atoms with Gasteiger partial charge in [-0.05, 0) is 48.4 Å². The third-order valence-corrected chi connectivity index (χ3v) is 5.41. The lowest BCUT2D eigenvalue weighted by Gasteiger charge is -2.22. The van der Waals surface area contributed by atoms with E-state index < -0.39 is 10.0 Å². The Labute approximate surface area is 126 Å². The predicted octanol–water partition coefficient (Wildman–Crippen LogP) is 1.41. The summed E-state index contributed by atoms with van der Waals surface area (Å²) in [5, 5.41) is 0. The van der Waals surface area contributed by atoms with Gasteiger partial charge >= 0.3 is 0 Å². The molecule has 0 atom stereocenters. The summed E-state index contributed by atoms with van der Waals surface area (Å²) in [5.74, 6) is 0.359. The van der Waals surface area contributed by atoms with Gasteiger partial charge < -0.3 is 10.5 Å². The molecule has 0 aliphatic carbocycles. The number of hydrogen-bond donors (Lipinski definition) is 2. The van der Waals surface area contributed by atoms with E-state index in [-0.39, 0.29) is 0 Å². The average Bonchev–Trinajstić information content (AvgIpc) is 2.53. The van der Waals surface area contributed by atoms with E-state index >= 15 is 0 Å². The highest BCUT2D eigenvalue weighted by Gasteiger charge is 2.19. The van der Waals surface area contributed by atoms with Gasteiger partial charge in [-0.25, -0.2) is 13.1 Å². The van der Waals surface area contributed by atoms with Crippen LogP contribution in [0.25, 0.3) is 0 Å². The van der Waals surface area contributed by atoms with Crippen molar-refractivity contribution in [3.05, 3.63) is 29.3 Å². The summed E-state index contributed by atoms with van der Waals surface area (Å²) in [6.45, 7) is 4.29. The van der Waals surface area contributed by atoms with Crippen molar-refractivity contribution in [2.45, 2.75) is 37.6 Å². The molecule has 1 aliphatic heterocycles. The van der Waals surface area contributed by atoms with Crippen LogP contribution < -0.4 is 10.5 Å². The maximum absolute atomic E-state index is 12.4. The highest BCUT2D eigenvalue weighted by molar-refractivity contribution is 7.89. The number of hydrogen-bond acceptors (Lipinski definition) is 4. The summed E-state index contributed by atoms with van der Waals surface area (Å²) in [4.78, 5) is 0.298. The van der Waals surface area contributed by atoms with Crippen molar-refractivity contribution in [2.24, 2.45) is 11.7 Å². The molecule has 0 bridgehead atoms. The van der Waals surface area contributed by atoms with E-state index in [9.17, 15) is 8.42 Å². The van der Waals surface area contributed by atoms with E-state index in [1.165, 1.54) is 0 Å². The lowest BCUT2D eigenvalue weighted by atomic mass is 10.0. The first-order chi connectivity index (χ1) is 10.1. The van der Waals surface area contributed by atoms with Crippen LogP contribution >= 0.6 is 0 Å². The number of sulfonamides is 1. The summed E-state index contributed by atoms with van der Waals surface area (Å²) >= 11 is 0. The van der Waals surface area contributed by atoms with Gasteiger partial charge in [0.25, 0.3) is 0 Å². The van der Waals surface area contributed by atoms with Crippen molar-refractivity contribution in [1.82, 2.24) is 4.72 Å². The molecule has 0 amide bonds. The smallest absolute Gasteiger partial charge is 0.240 e. The average molecular weight is 312 g/mol. The highest BCUT2D eigenvalue weighted by Crippen LogP contribution is 2.18. The molecule has 1 fully saturated rings. The largest absolute Gasteiger partial charge is 0.381 e. The molecule has 3 N–H and O–H groups in total. The Bertz CT molecular complexity index is 566. The first kappa shape index (κ1) is 16.4. The zero-order valence-electron chi connectivity index (χ0n) is 12.5. The second-order valence-corrected chi connectivity index (χ2v) is 7.16. The SMILES string of the molecule is CCc1ccc(S(=O)(=O)NCC2CCOCC2)cc1CN. The van der Waals surface area contributed by atoms with E-state index in [0.29, 0.717) is 23.9 Å². The molecule has 2 rings (SSSR count). The minimum absolute atomic E-state index is 0.298. The lowest BCUT2D eigenvalue weighted by Crippen LogP contribution is -2.32. The Morgan fingerprint density at radius 2 is 2.00 bits per heavy atom. The van der Waals surface area contributed by atoms with Gasteiger partial charge in [0, 0.05) is 26.3 Å². The van der Waals surface area contributed by atoms with Gasteiger partial charge in [0.15, 0.2) is 0 Å². The molecule has 0 saturated carbocycles. The molecule has 1 aliphatic rings. The number of aryl methyl sites for hydroxylation is 1. The fourth-order valence-corrected chi connectivity index (χ4v) is 3.73. The molecule has 0 unspecified atom stereocenters. The lowest BCUT2D eigenvalue weighted by molar-refractivity contribution is 0.0678. The van der Waals surface area contributed by atoms with Crippen LogP contribution in [0.4, 0.5) is 0 Å². The van der Waals surface area contributed by atoms with Gasteiger partial charge in [-0.2, -0.15) is 0 Å². The number of nitrogens with two attached hydrogens (primary N) is 1. The van der Waals surface area contributed by atoms with Crippen molar-refractivity contribution < 1.29 is 13.2 Å². The van der Waals surface area contributed by atoms with Crippen molar-refractivity contribution >= 4 is 10.0 Å². The molecule has 1 heterocycles. The summed E-state index contributed by atoms with van der Waals surface area (Å²) in [5.41, 5.74) is 7.69. The molecule has 1 aromatic rings. The molecular weight excluding hydrogens is 288 g/mol. The number of ether oxygens (including phenoxy) is 1. The second-order valence-electron chi connectivity index (χ2n) is 5.40. The fraction of sp³-hybridized carbons (Fsp3) is 0.600. The molecule has 1 saturated heterocycles. The van der Waals surface area contributed by atoms with Crippen LogP contribution in [-0.4, -0.2) is 28.2 Å². The summed E-state index contributed by atoms with van der Waals surface area (Å²) in [6, 6.07) is 5.20. The van der Waals surface area contributed by atoms with Crippen molar-refractivity contribution in [3.63, 3.8) is 0 Å². The van der Waals surface area contributed by atoms with E-state index in [4.69, 9.17) is 10.5 Å². The number of rotatable bonds is 6. The zero-order valence-corrected chi connectivity index (χ0v) is 13.3. The van der Waals surface area contributed by atoms with E-state index in [0.717, 1.165) is 43.6 Å². The molecule has 118 valence electrons. The van der Waals surface area contributed by atoms with E-state index in [1.54, 1.807) is 12.1 Å². The van der Waals surface area contributed by atoms with Crippen LogP contribution in [-0.2, 0) is 27.7 Å². The molecule has 0 aromatic heterocycles. The van der Waals surface area contributed by atoms with Gasteiger partial charge in [-0.1, -0.05) is 13.0 Å². The van der Waals surface area contributed by atoms with Crippen LogP contribution in [0, 0.1) is 5.92 Å². The van der Waals surface area contributed by atoms with E-state index in [2.05, 4.69) is 4.72 Å². The first-order valence-electron chi connectivity index (χ1n) is 7.46. The van der Waals surface area contributed by atoms with Gasteiger partial charge in [0.05, 0.1) is 4.90 Å². The van der Waals surface area contributed by atoms with Crippen LogP contribution in [0.5, 0.6) is 0 Å². The minimum atomic E-state index is -3.46. The van der Waals surface area contributed by atoms with Crippen LogP contribution in [0.2, 0.25) is 0 Å². The molecule has 0 radical (unpaired) electrons. The monoisotopic (exact) mass is 312 g/mol. The maximum atomic E-state index is 12.4. The Balaban J connectivity index is 2.07. The summed E-state index contributed by atoms with van der Waals surface area (Å²) in [6.07, 6.45) is 2.67. The third kappa shape index (κ3) is 4.26. The maximum Gasteiger partial charge on any atom is 0.240 e. The quantitative estimate of drug-likeness (QED) is 0.832. The van der Waals surface area contributed by atoms with Gasteiger partial charge in [-0.3, -0.25) is 0 Å². The normalized spacial score (nSPS) is 17.0. The third-order valence-electron chi connectivity index (χ3n) is 3.99. The summed E-state index contributed by atoms with van der Waals surface area (Å²) in [7, 11) is -3.46. The molecule has 21 heavy (non-hydrogen) atoms. The Morgan fingerprint density at radius 1 is 1.29 bits per heavy atom. The van der Waals surface area contributed by atoms with Crippen molar-refractivity contribution in [3.8, 4) is 0 Å². The standard InChI is InChI=1S/C15H24N2O3S/c1-2-13-3-4-15(9-14(13)10-16)21(18,19)17-11-12-5-7-20-8-6-12/h3-4,9,12,17H,2,5-8,10-11,16H2,1H3. The van der Waals surface area contributed by atoms with Crippen molar-refractivity contribution in [1.29, 1.82) is 0 Å². The fourth-order valence-electron chi connectivity index (χ4n) is 2.57. The van der Waals surface area contributed by atoms with E-state index in [1.807, 2.05) is 13.0 Å². The van der Waals surface area contributed by atoms with Crippen LogP contribution in [0.3, 0.4) is 0 Å². The molecule has 0 spiro atoms. The van der Waals surface area contributed by atoms with Crippen LogP contribution in [0.15, 0.2) is 23.1 Å². The Kier molecular flexibility index (Phi) is 5.75. The minimum Gasteiger partial charge on any atom is -0.381 e. The Morgan fingerprint density at radius 3 is 2.62 bits per heavy atom. The number of benzene rings is 1. The second kappa shape index (κ2) is 7.35. The first-order valence-corrected chi connectivity index (χ1v) is 8.94. The zero-order chi connectivity index (χ0) is 15.3. The van der Waals surface area contributed by atoms with Gasteiger partial charge in [-0.15, -0.1) is 0 Å². The Hall–Kier alpha value is -0.950. The topological polar surface area (TPSA) is 81.4 Å². The molecule has 5 nitrogen and oxygen atoms in total. The highest BCUT2D eigenvalue weighted by atomic mass is 32.2. The molecule has 6 heteroatoms. The summed E-state index contributed by atoms with van der Waals surface area (Å²) < 4.78 is 32.7. The van der Waals surface area contributed by atoms with Gasteiger partial charge in [0.2, 0.25) is 10.0 Å². The number of nitrogens with one attached hydrogen (secondary N) is 1. The molecule has 1 aromatic carbocycles. The molecular formula is C15H24N2O3S. The predicted molar refractivity (Wildman–Crippen MR) is 82.4 cm³/mol. The van der Waals surface area contributed by atoms with Crippen LogP contribution in [0.1, 0.15) is 30.9 Å². The van der Waals surface area contributed by atoms with Gasteiger partial charge in [0.1, 0.15) is 0 Å².